The van der Waals surface area contributed by atoms with Crippen molar-refractivity contribution in [3.63, 3.8) is 0 Å². The minimum absolute atomic E-state index is 0.0656. The fourth-order valence-electron chi connectivity index (χ4n) is 3.07. The first-order valence-corrected chi connectivity index (χ1v) is 6.59. The minimum atomic E-state index is 0.0656. The van der Waals surface area contributed by atoms with Gasteiger partial charge in [-0.1, -0.05) is 0 Å². The maximum Gasteiger partial charge on any atom is 0.0954 e. The number of ether oxygens (including phenoxy) is 1. The molecule has 3 heterocycles. The van der Waals surface area contributed by atoms with Gasteiger partial charge in [0.15, 0.2) is 0 Å². The van der Waals surface area contributed by atoms with Gasteiger partial charge in [0.1, 0.15) is 0 Å². The minimum Gasteiger partial charge on any atom is -0.376 e. The molecule has 3 rings (SSSR count). The highest BCUT2D eigenvalue weighted by Crippen LogP contribution is 2.36. The van der Waals surface area contributed by atoms with Gasteiger partial charge in [-0.15, -0.1) is 0 Å². The molecule has 1 aromatic heterocycles. The SMILES string of the molecule is CC1OCCC1(C)n1cncc1C1CCCN1. The van der Waals surface area contributed by atoms with Crippen LogP contribution in [0.15, 0.2) is 12.5 Å². The lowest BCUT2D eigenvalue weighted by Gasteiger charge is -2.32. The second-order valence-electron chi connectivity index (χ2n) is 5.46. The molecule has 1 N–H and O–H groups in total. The van der Waals surface area contributed by atoms with Gasteiger partial charge >= 0.3 is 0 Å². The molecule has 0 bridgehead atoms. The molecule has 94 valence electrons. The van der Waals surface area contributed by atoms with Crippen molar-refractivity contribution in [3.8, 4) is 0 Å². The maximum absolute atomic E-state index is 5.74. The Kier molecular flexibility index (Phi) is 2.71. The van der Waals surface area contributed by atoms with Gasteiger partial charge in [0.05, 0.1) is 23.7 Å². The molecule has 3 atom stereocenters. The summed E-state index contributed by atoms with van der Waals surface area (Å²) in [6.07, 6.45) is 7.80. The van der Waals surface area contributed by atoms with Gasteiger partial charge in [-0.05, 0) is 39.7 Å². The van der Waals surface area contributed by atoms with E-state index in [1.165, 1.54) is 18.5 Å². The number of aromatic nitrogens is 2. The quantitative estimate of drug-likeness (QED) is 0.850. The number of nitrogens with zero attached hydrogens (tertiary/aromatic N) is 2. The molecule has 0 aromatic carbocycles. The van der Waals surface area contributed by atoms with Crippen LogP contribution in [0.1, 0.15) is 44.8 Å². The smallest absolute Gasteiger partial charge is 0.0954 e. The van der Waals surface area contributed by atoms with Gasteiger partial charge in [-0.3, -0.25) is 0 Å². The Bertz CT molecular complexity index is 397. The second-order valence-corrected chi connectivity index (χ2v) is 5.46. The van der Waals surface area contributed by atoms with Crippen molar-refractivity contribution in [1.29, 1.82) is 0 Å². The lowest BCUT2D eigenvalue weighted by atomic mass is 9.93. The average molecular weight is 235 g/mol. The number of rotatable bonds is 2. The van der Waals surface area contributed by atoms with Crippen molar-refractivity contribution >= 4 is 0 Å². The van der Waals surface area contributed by atoms with E-state index in [4.69, 9.17) is 4.74 Å². The Balaban J connectivity index is 1.95. The largest absolute Gasteiger partial charge is 0.376 e. The van der Waals surface area contributed by atoms with Crippen LogP contribution in [0.5, 0.6) is 0 Å². The molecule has 1 aromatic rings. The summed E-state index contributed by atoms with van der Waals surface area (Å²) in [6.45, 7) is 6.43. The molecule has 0 saturated carbocycles. The predicted molar refractivity (Wildman–Crippen MR) is 65.9 cm³/mol. The van der Waals surface area contributed by atoms with Crippen LogP contribution in [-0.4, -0.2) is 28.8 Å². The van der Waals surface area contributed by atoms with E-state index in [2.05, 4.69) is 28.7 Å². The van der Waals surface area contributed by atoms with Crippen LogP contribution in [0.2, 0.25) is 0 Å². The first kappa shape index (κ1) is 11.2. The third kappa shape index (κ3) is 1.70. The van der Waals surface area contributed by atoms with Gasteiger partial charge in [0.2, 0.25) is 0 Å². The van der Waals surface area contributed by atoms with Gasteiger partial charge in [-0.25, -0.2) is 4.98 Å². The fraction of sp³-hybridized carbons (Fsp3) is 0.769. The number of nitrogens with one attached hydrogen (secondary N) is 1. The van der Waals surface area contributed by atoms with Crippen LogP contribution < -0.4 is 5.32 Å². The molecule has 0 aliphatic carbocycles. The van der Waals surface area contributed by atoms with Crippen molar-refractivity contribution in [3.05, 3.63) is 18.2 Å². The van der Waals surface area contributed by atoms with Gasteiger partial charge in [0.25, 0.3) is 0 Å². The number of hydrogen-bond acceptors (Lipinski definition) is 3. The van der Waals surface area contributed by atoms with Gasteiger partial charge in [-0.2, -0.15) is 0 Å². The molecule has 2 aliphatic heterocycles. The van der Waals surface area contributed by atoms with E-state index in [1.54, 1.807) is 0 Å². The van der Waals surface area contributed by atoms with Crippen molar-refractivity contribution < 1.29 is 4.74 Å². The summed E-state index contributed by atoms with van der Waals surface area (Å²) in [7, 11) is 0. The van der Waals surface area contributed by atoms with E-state index >= 15 is 0 Å². The molecular weight excluding hydrogens is 214 g/mol. The topological polar surface area (TPSA) is 39.1 Å². The normalized spacial score (nSPS) is 37.8. The van der Waals surface area contributed by atoms with Crippen molar-refractivity contribution in [1.82, 2.24) is 14.9 Å². The number of imidazole rings is 1. The molecule has 4 nitrogen and oxygen atoms in total. The zero-order valence-electron chi connectivity index (χ0n) is 10.6. The molecule has 3 unspecified atom stereocenters. The van der Waals surface area contributed by atoms with E-state index < -0.39 is 0 Å². The van der Waals surface area contributed by atoms with Crippen molar-refractivity contribution in [2.45, 2.75) is 50.8 Å². The molecule has 2 aliphatic rings. The van der Waals surface area contributed by atoms with E-state index in [1.807, 2.05) is 12.5 Å². The monoisotopic (exact) mass is 235 g/mol. The average Bonchev–Trinajstić information content (AvgIpc) is 3.00. The molecule has 17 heavy (non-hydrogen) atoms. The summed E-state index contributed by atoms with van der Waals surface area (Å²) in [5.74, 6) is 0. The Morgan fingerprint density at radius 2 is 2.47 bits per heavy atom. The Morgan fingerprint density at radius 1 is 1.59 bits per heavy atom. The Hall–Kier alpha value is -0.870. The molecule has 0 spiro atoms. The number of hydrogen-bond donors (Lipinski definition) is 1. The molecule has 0 radical (unpaired) electrons. The summed E-state index contributed by atoms with van der Waals surface area (Å²) < 4.78 is 8.08. The molecule has 4 heteroatoms. The van der Waals surface area contributed by atoms with E-state index in [0.29, 0.717) is 6.04 Å². The lowest BCUT2D eigenvalue weighted by Crippen LogP contribution is -2.38. The van der Waals surface area contributed by atoms with Crippen molar-refractivity contribution in [2.24, 2.45) is 0 Å². The van der Waals surface area contributed by atoms with Gasteiger partial charge in [0, 0.05) is 18.8 Å². The maximum atomic E-state index is 5.74. The summed E-state index contributed by atoms with van der Waals surface area (Å²) in [6, 6.07) is 0.474. The summed E-state index contributed by atoms with van der Waals surface area (Å²) in [5, 5.41) is 3.55. The van der Waals surface area contributed by atoms with Crippen LogP contribution in [0.4, 0.5) is 0 Å². The highest BCUT2D eigenvalue weighted by molar-refractivity contribution is 5.12. The molecule has 0 amide bonds. The highest BCUT2D eigenvalue weighted by atomic mass is 16.5. The van der Waals surface area contributed by atoms with Crippen LogP contribution in [0, 0.1) is 0 Å². The van der Waals surface area contributed by atoms with Crippen molar-refractivity contribution in [2.75, 3.05) is 13.2 Å². The molecule has 2 fully saturated rings. The molecule has 2 saturated heterocycles. The molecular formula is C13H21N3O. The lowest BCUT2D eigenvalue weighted by molar-refractivity contribution is 0.0743. The van der Waals surface area contributed by atoms with E-state index in [-0.39, 0.29) is 11.6 Å². The summed E-state index contributed by atoms with van der Waals surface area (Å²) in [4.78, 5) is 4.36. The summed E-state index contributed by atoms with van der Waals surface area (Å²) in [5.41, 5.74) is 1.39. The first-order chi connectivity index (χ1) is 8.22. The van der Waals surface area contributed by atoms with Crippen LogP contribution in [0.25, 0.3) is 0 Å². The third-order valence-electron chi connectivity index (χ3n) is 4.49. The van der Waals surface area contributed by atoms with Crippen LogP contribution >= 0.6 is 0 Å². The first-order valence-electron chi connectivity index (χ1n) is 6.59. The Labute approximate surface area is 102 Å². The third-order valence-corrected chi connectivity index (χ3v) is 4.49. The van der Waals surface area contributed by atoms with Crippen LogP contribution in [-0.2, 0) is 10.3 Å². The zero-order chi connectivity index (χ0) is 11.9. The highest BCUT2D eigenvalue weighted by Gasteiger charge is 2.40. The van der Waals surface area contributed by atoms with Crippen LogP contribution in [0.3, 0.4) is 0 Å². The summed E-state index contributed by atoms with van der Waals surface area (Å²) >= 11 is 0. The second kappa shape index (κ2) is 4.10. The standard InChI is InChI=1S/C13H21N3O/c1-10-13(2,5-7-17-10)16-9-14-8-12(16)11-4-3-6-15-11/h8-11,15H,3-7H2,1-2H3. The van der Waals surface area contributed by atoms with E-state index in [0.717, 1.165) is 19.6 Å². The van der Waals surface area contributed by atoms with E-state index in [9.17, 15) is 0 Å². The van der Waals surface area contributed by atoms with Gasteiger partial charge < -0.3 is 14.6 Å². The Morgan fingerprint density at radius 3 is 3.12 bits per heavy atom. The predicted octanol–water partition coefficient (Wildman–Crippen LogP) is 1.83. The zero-order valence-corrected chi connectivity index (χ0v) is 10.6. The fourth-order valence-corrected chi connectivity index (χ4v) is 3.07.